The average molecular weight is 279 g/mol. The number of amides is 1. The molecule has 0 bridgehead atoms. The molecule has 19 heavy (non-hydrogen) atoms. The van der Waals surface area contributed by atoms with Crippen LogP contribution in [0.1, 0.15) is 32.6 Å². The molecule has 0 aromatic heterocycles. The zero-order chi connectivity index (χ0) is 15.0. The van der Waals surface area contributed by atoms with Gasteiger partial charge in [-0.1, -0.05) is 19.8 Å². The Bertz CT molecular complexity index is 263. The molecule has 7 nitrogen and oxygen atoms in total. The minimum atomic E-state index is -1.68. The molecule has 1 amide bonds. The summed E-state index contributed by atoms with van der Waals surface area (Å²) in [7, 11) is 0. The lowest BCUT2D eigenvalue weighted by Crippen LogP contribution is -2.47. The number of carbonyl (C=O) groups is 1. The number of carbonyl (C=O) groups excluding carboxylic acids is 1. The van der Waals surface area contributed by atoms with Gasteiger partial charge in [0, 0.05) is 5.92 Å². The standard InChI is InChI=1S/C12H25NO6/c1-2-3-4-7(12(13)19)5-8(15)10(17)11(18)9(16)6-14/h7-11,14-18H,2-6H2,1H3,(H2,13,19). The quantitative estimate of drug-likeness (QED) is 0.276. The molecule has 7 N–H and O–H groups in total. The molecule has 0 aromatic rings. The van der Waals surface area contributed by atoms with Crippen LogP contribution in [-0.4, -0.2) is 62.5 Å². The van der Waals surface area contributed by atoms with Crippen molar-refractivity contribution in [2.24, 2.45) is 11.7 Å². The van der Waals surface area contributed by atoms with Crippen LogP contribution in [0.3, 0.4) is 0 Å². The second kappa shape index (κ2) is 9.22. The lowest BCUT2D eigenvalue weighted by molar-refractivity contribution is -0.130. The summed E-state index contributed by atoms with van der Waals surface area (Å²) in [6, 6.07) is 0. The van der Waals surface area contributed by atoms with E-state index in [4.69, 9.17) is 15.9 Å². The van der Waals surface area contributed by atoms with Gasteiger partial charge in [-0.05, 0) is 12.8 Å². The third-order valence-electron chi connectivity index (χ3n) is 3.16. The number of hydrogen-bond donors (Lipinski definition) is 6. The molecule has 5 atom stereocenters. The third kappa shape index (κ3) is 6.31. The monoisotopic (exact) mass is 279 g/mol. The first-order chi connectivity index (χ1) is 8.84. The molecule has 0 heterocycles. The summed E-state index contributed by atoms with van der Waals surface area (Å²) in [5, 5.41) is 46.6. The zero-order valence-electron chi connectivity index (χ0n) is 11.1. The van der Waals surface area contributed by atoms with Gasteiger partial charge in [-0.3, -0.25) is 4.79 Å². The van der Waals surface area contributed by atoms with Crippen LogP contribution in [0.2, 0.25) is 0 Å². The van der Waals surface area contributed by atoms with Gasteiger partial charge in [0.25, 0.3) is 0 Å². The molecule has 0 rings (SSSR count). The van der Waals surface area contributed by atoms with E-state index < -0.39 is 42.8 Å². The molecule has 0 spiro atoms. The van der Waals surface area contributed by atoms with E-state index in [1.165, 1.54) is 0 Å². The number of nitrogens with two attached hydrogens (primary N) is 1. The van der Waals surface area contributed by atoms with Crippen molar-refractivity contribution in [2.75, 3.05) is 6.61 Å². The molecule has 0 aliphatic heterocycles. The van der Waals surface area contributed by atoms with Crippen LogP contribution in [0.4, 0.5) is 0 Å². The second-order valence-electron chi connectivity index (χ2n) is 4.78. The summed E-state index contributed by atoms with van der Waals surface area (Å²) in [5.74, 6) is -1.17. The van der Waals surface area contributed by atoms with Crippen LogP contribution in [0, 0.1) is 5.92 Å². The van der Waals surface area contributed by atoms with Gasteiger partial charge >= 0.3 is 0 Å². The molecule has 7 heteroatoms. The summed E-state index contributed by atoms with van der Waals surface area (Å²) in [5.41, 5.74) is 5.20. The van der Waals surface area contributed by atoms with Crippen LogP contribution >= 0.6 is 0 Å². The fraction of sp³-hybridized carbons (Fsp3) is 0.917. The van der Waals surface area contributed by atoms with Gasteiger partial charge in [-0.25, -0.2) is 0 Å². The van der Waals surface area contributed by atoms with Gasteiger partial charge in [-0.15, -0.1) is 0 Å². The second-order valence-corrected chi connectivity index (χ2v) is 4.78. The molecular weight excluding hydrogens is 254 g/mol. The highest BCUT2D eigenvalue weighted by Gasteiger charge is 2.32. The summed E-state index contributed by atoms with van der Waals surface area (Å²) in [6.07, 6.45) is -4.24. The smallest absolute Gasteiger partial charge is 0.220 e. The minimum absolute atomic E-state index is 0.0916. The van der Waals surface area contributed by atoms with E-state index in [-0.39, 0.29) is 6.42 Å². The first-order valence-corrected chi connectivity index (χ1v) is 6.47. The molecule has 0 aliphatic rings. The van der Waals surface area contributed by atoms with E-state index in [0.717, 1.165) is 12.8 Å². The summed E-state index contributed by atoms with van der Waals surface area (Å²) in [4.78, 5) is 11.2. The molecule has 0 saturated heterocycles. The van der Waals surface area contributed by atoms with E-state index >= 15 is 0 Å². The van der Waals surface area contributed by atoms with Gasteiger partial charge in [0.05, 0.1) is 12.7 Å². The maximum Gasteiger partial charge on any atom is 0.220 e. The predicted molar refractivity (Wildman–Crippen MR) is 67.9 cm³/mol. The van der Waals surface area contributed by atoms with Crippen molar-refractivity contribution >= 4 is 5.91 Å². The molecular formula is C12H25NO6. The number of rotatable bonds is 10. The molecule has 0 radical (unpaired) electrons. The van der Waals surface area contributed by atoms with Crippen LogP contribution in [-0.2, 0) is 4.79 Å². The maximum absolute atomic E-state index is 11.2. The molecule has 0 aliphatic carbocycles. The van der Waals surface area contributed by atoms with Crippen LogP contribution < -0.4 is 5.73 Å². The Labute approximate surface area is 112 Å². The Morgan fingerprint density at radius 3 is 2.05 bits per heavy atom. The Morgan fingerprint density at radius 1 is 1.11 bits per heavy atom. The van der Waals surface area contributed by atoms with E-state index in [9.17, 15) is 20.1 Å². The van der Waals surface area contributed by atoms with Crippen molar-refractivity contribution in [3.63, 3.8) is 0 Å². The highest BCUT2D eigenvalue weighted by Crippen LogP contribution is 2.18. The first kappa shape index (κ1) is 18.3. The average Bonchev–Trinajstić information content (AvgIpc) is 2.39. The molecule has 5 unspecified atom stereocenters. The Morgan fingerprint density at radius 2 is 1.63 bits per heavy atom. The fourth-order valence-corrected chi connectivity index (χ4v) is 1.82. The van der Waals surface area contributed by atoms with Crippen molar-refractivity contribution < 1.29 is 30.3 Å². The van der Waals surface area contributed by atoms with Crippen molar-refractivity contribution in [1.82, 2.24) is 0 Å². The molecule has 0 saturated carbocycles. The number of primary amides is 1. The van der Waals surface area contributed by atoms with E-state index in [0.29, 0.717) is 6.42 Å². The first-order valence-electron chi connectivity index (χ1n) is 6.47. The van der Waals surface area contributed by atoms with Gasteiger partial charge in [0.2, 0.25) is 5.91 Å². The Hall–Kier alpha value is -0.730. The van der Waals surface area contributed by atoms with Crippen molar-refractivity contribution in [1.29, 1.82) is 0 Å². The number of aliphatic hydroxyl groups is 5. The SMILES string of the molecule is CCCCC(CC(O)C(O)C(O)C(O)CO)C(N)=O. The Balaban J connectivity index is 4.45. The van der Waals surface area contributed by atoms with Crippen LogP contribution in [0.25, 0.3) is 0 Å². The van der Waals surface area contributed by atoms with E-state index in [1.807, 2.05) is 6.92 Å². The van der Waals surface area contributed by atoms with E-state index in [1.54, 1.807) is 0 Å². The van der Waals surface area contributed by atoms with Crippen LogP contribution in [0.5, 0.6) is 0 Å². The normalized spacial score (nSPS) is 19.5. The Kier molecular flexibility index (Phi) is 8.86. The molecule has 0 aromatic carbocycles. The number of aliphatic hydroxyl groups excluding tert-OH is 5. The number of unbranched alkanes of at least 4 members (excludes halogenated alkanes) is 1. The molecule has 0 fully saturated rings. The fourth-order valence-electron chi connectivity index (χ4n) is 1.82. The van der Waals surface area contributed by atoms with Crippen molar-refractivity contribution in [3.05, 3.63) is 0 Å². The lowest BCUT2D eigenvalue weighted by atomic mass is 9.90. The summed E-state index contributed by atoms with van der Waals surface area (Å²) < 4.78 is 0. The maximum atomic E-state index is 11.2. The molecule has 114 valence electrons. The van der Waals surface area contributed by atoms with Gasteiger partial charge in [0.1, 0.15) is 18.3 Å². The van der Waals surface area contributed by atoms with Crippen molar-refractivity contribution in [3.8, 4) is 0 Å². The highest BCUT2D eigenvalue weighted by atomic mass is 16.4. The van der Waals surface area contributed by atoms with Crippen molar-refractivity contribution in [2.45, 2.75) is 57.0 Å². The number of hydrogen-bond acceptors (Lipinski definition) is 6. The topological polar surface area (TPSA) is 144 Å². The highest BCUT2D eigenvalue weighted by molar-refractivity contribution is 5.76. The van der Waals surface area contributed by atoms with Gasteiger partial charge in [0.15, 0.2) is 0 Å². The third-order valence-corrected chi connectivity index (χ3v) is 3.16. The lowest BCUT2D eigenvalue weighted by Gasteiger charge is -2.27. The summed E-state index contributed by atoms with van der Waals surface area (Å²) >= 11 is 0. The zero-order valence-corrected chi connectivity index (χ0v) is 11.1. The minimum Gasteiger partial charge on any atom is -0.394 e. The van der Waals surface area contributed by atoms with Crippen LogP contribution in [0.15, 0.2) is 0 Å². The van der Waals surface area contributed by atoms with Gasteiger partial charge in [-0.2, -0.15) is 0 Å². The van der Waals surface area contributed by atoms with E-state index in [2.05, 4.69) is 0 Å². The largest absolute Gasteiger partial charge is 0.394 e. The predicted octanol–water partition coefficient (Wildman–Crippen LogP) is -1.90. The van der Waals surface area contributed by atoms with Gasteiger partial charge < -0.3 is 31.3 Å². The summed E-state index contributed by atoms with van der Waals surface area (Å²) in [6.45, 7) is 1.21.